The third kappa shape index (κ3) is 5.59. The van der Waals surface area contributed by atoms with E-state index in [-0.39, 0.29) is 35.0 Å². The van der Waals surface area contributed by atoms with E-state index in [9.17, 15) is 9.59 Å². The molecular weight excluding hydrogens is 544 g/mol. The fourth-order valence-corrected chi connectivity index (χ4v) is 10.5. The molecule has 0 saturated heterocycles. The maximum absolute atomic E-state index is 12.6. The summed E-state index contributed by atoms with van der Waals surface area (Å²) in [6, 6.07) is 21.3. The molecule has 234 valence electrons. The number of carbonyl (C=O) groups is 2. The molecule has 4 saturated carbocycles. The van der Waals surface area contributed by atoms with Crippen LogP contribution in [0.1, 0.15) is 97.1 Å². The van der Waals surface area contributed by atoms with Gasteiger partial charge in [-0.05, 0) is 110 Å². The lowest BCUT2D eigenvalue weighted by Gasteiger charge is -2.62. The zero-order chi connectivity index (χ0) is 31.1. The molecule has 0 heterocycles. The van der Waals surface area contributed by atoms with E-state index in [1.54, 1.807) is 6.92 Å². The molecule has 44 heavy (non-hydrogen) atoms. The Kier molecular flexibility index (Phi) is 8.65. The van der Waals surface area contributed by atoms with E-state index in [4.69, 9.17) is 9.47 Å². The molecule has 0 aromatic heterocycles. The first-order chi connectivity index (χ1) is 21.1. The lowest BCUT2D eigenvalue weighted by Crippen LogP contribution is -2.59. The highest BCUT2D eigenvalue weighted by molar-refractivity contribution is 5.80. The van der Waals surface area contributed by atoms with Gasteiger partial charge in [-0.3, -0.25) is 9.59 Å². The topological polar surface area (TPSA) is 52.6 Å². The molecule has 4 unspecified atom stereocenters. The van der Waals surface area contributed by atoms with E-state index in [2.05, 4.69) is 93.6 Å². The highest BCUT2D eigenvalue weighted by Gasteiger charge is 2.64. The summed E-state index contributed by atoms with van der Waals surface area (Å²) in [5.74, 6) is 2.32. The van der Waals surface area contributed by atoms with Crippen molar-refractivity contribution in [3.8, 4) is 0 Å². The van der Waals surface area contributed by atoms with E-state index < -0.39 is 0 Å². The number of carbonyl (C=O) groups excluding carboxylic acids is 2. The van der Waals surface area contributed by atoms with Gasteiger partial charge in [0.15, 0.2) is 0 Å². The van der Waals surface area contributed by atoms with Gasteiger partial charge in [0.25, 0.3) is 0 Å². The van der Waals surface area contributed by atoms with Crippen LogP contribution in [0, 0.1) is 40.4 Å². The van der Waals surface area contributed by atoms with E-state index >= 15 is 0 Å². The van der Waals surface area contributed by atoms with Gasteiger partial charge < -0.3 is 9.47 Å². The van der Waals surface area contributed by atoms with Crippen molar-refractivity contribution in [2.24, 2.45) is 40.4 Å². The fourth-order valence-electron chi connectivity index (χ4n) is 10.5. The summed E-state index contributed by atoms with van der Waals surface area (Å²) < 4.78 is 12.0. The number of esters is 2. The molecule has 2 aromatic rings. The maximum Gasteiger partial charge on any atom is 0.302 e. The molecule has 0 radical (unpaired) electrons. The van der Waals surface area contributed by atoms with Crippen LogP contribution in [0.3, 0.4) is 0 Å². The second-order valence-corrected chi connectivity index (χ2v) is 14.7. The largest absolute Gasteiger partial charge is 0.463 e. The van der Waals surface area contributed by atoms with Gasteiger partial charge in [0, 0.05) is 19.3 Å². The minimum atomic E-state index is -0.162. The van der Waals surface area contributed by atoms with Crippen LogP contribution in [0.2, 0.25) is 0 Å². The average Bonchev–Trinajstić information content (AvgIpc) is 3.37. The molecule has 4 aliphatic carbocycles. The summed E-state index contributed by atoms with van der Waals surface area (Å²) >= 11 is 0. The first kappa shape index (κ1) is 30.9. The van der Waals surface area contributed by atoms with Gasteiger partial charge in [-0.25, -0.2) is 0 Å². The molecule has 4 nitrogen and oxygen atoms in total. The van der Waals surface area contributed by atoms with Crippen molar-refractivity contribution in [1.29, 1.82) is 0 Å². The Balaban J connectivity index is 1.31. The number of fused-ring (bicyclic) bond motifs is 5. The summed E-state index contributed by atoms with van der Waals surface area (Å²) in [7, 11) is 0. The monoisotopic (exact) mass is 594 g/mol. The first-order valence-electron chi connectivity index (χ1n) is 16.9. The lowest BCUT2D eigenvalue weighted by atomic mass is 9.44. The van der Waals surface area contributed by atoms with Gasteiger partial charge in [-0.15, -0.1) is 0 Å². The van der Waals surface area contributed by atoms with Crippen LogP contribution < -0.4 is 0 Å². The van der Waals surface area contributed by atoms with Crippen molar-refractivity contribution < 1.29 is 19.1 Å². The van der Waals surface area contributed by atoms with Crippen molar-refractivity contribution in [3.05, 3.63) is 89.5 Å². The summed E-state index contributed by atoms with van der Waals surface area (Å²) in [6.07, 6.45) is 13.3. The molecule has 4 heteroatoms. The zero-order valence-electron chi connectivity index (χ0n) is 27.3. The minimum absolute atomic E-state index is 0.0496. The Morgan fingerprint density at radius 3 is 1.98 bits per heavy atom. The lowest BCUT2D eigenvalue weighted by molar-refractivity contribution is -0.193. The van der Waals surface area contributed by atoms with Crippen LogP contribution >= 0.6 is 0 Å². The standard InChI is InChI=1S/C40H50O4/c1-26(16-18-33(29-12-8-6-9-13-29)30-14-10-7-11-15-30)35-20-21-36-34-19-17-31-24-32(43-27(2)41)22-23-39(31,4)37(34)25-38(40(35,36)5)44-28(3)42/h6-16,18,31-32,34-38H,17,19-25H2,1-5H3/b26-16-/t31-,32+,34?,35?,36?,37?,38-,39-,40+/m0/s1. The normalized spacial score (nSPS) is 36.3. The Labute approximate surface area is 264 Å². The molecule has 0 amide bonds. The van der Waals surface area contributed by atoms with Crippen molar-refractivity contribution in [3.63, 3.8) is 0 Å². The zero-order valence-corrected chi connectivity index (χ0v) is 27.3. The first-order valence-corrected chi connectivity index (χ1v) is 16.9. The van der Waals surface area contributed by atoms with Crippen molar-refractivity contribution in [2.45, 2.75) is 98.2 Å². The van der Waals surface area contributed by atoms with E-state index in [0.29, 0.717) is 29.6 Å². The van der Waals surface area contributed by atoms with E-state index in [0.717, 1.165) is 32.1 Å². The molecule has 6 rings (SSSR count). The van der Waals surface area contributed by atoms with Crippen LogP contribution in [-0.2, 0) is 19.1 Å². The van der Waals surface area contributed by atoms with Crippen LogP contribution in [0.25, 0.3) is 5.57 Å². The molecule has 0 N–H and O–H groups in total. The predicted octanol–water partition coefficient (Wildman–Crippen LogP) is 9.20. The molecule has 0 spiro atoms. The van der Waals surface area contributed by atoms with Gasteiger partial charge in [-0.1, -0.05) is 92.2 Å². The molecule has 0 bridgehead atoms. The number of rotatable bonds is 6. The maximum atomic E-state index is 12.6. The summed E-state index contributed by atoms with van der Waals surface area (Å²) in [6.45, 7) is 10.4. The van der Waals surface area contributed by atoms with Gasteiger partial charge in [0.05, 0.1) is 0 Å². The van der Waals surface area contributed by atoms with E-state index in [1.807, 2.05) is 0 Å². The van der Waals surface area contributed by atoms with Crippen LogP contribution in [-0.4, -0.2) is 24.1 Å². The number of hydrogen-bond acceptors (Lipinski definition) is 4. The highest BCUT2D eigenvalue weighted by atomic mass is 16.5. The SMILES string of the molecule is CC(=O)O[C@@H]1CC[C@]2(C)C3C[C@H](OC(C)=O)[C@]4(C)C(/C(C)=C\C=C(c5ccccc5)c5ccccc5)CCC4C3CC[C@H]2C1. The minimum Gasteiger partial charge on any atom is -0.463 e. The Hall–Kier alpha value is -3.14. The highest BCUT2D eigenvalue weighted by Crippen LogP contribution is 2.68. The smallest absolute Gasteiger partial charge is 0.302 e. The number of ether oxygens (including phenoxy) is 2. The summed E-state index contributed by atoms with van der Waals surface area (Å²) in [4.78, 5) is 24.3. The quantitative estimate of drug-likeness (QED) is 0.247. The van der Waals surface area contributed by atoms with Crippen LogP contribution in [0.4, 0.5) is 0 Å². The predicted molar refractivity (Wildman–Crippen MR) is 175 cm³/mol. The van der Waals surface area contributed by atoms with Crippen molar-refractivity contribution in [1.82, 2.24) is 0 Å². The number of hydrogen-bond donors (Lipinski definition) is 0. The van der Waals surface area contributed by atoms with Gasteiger partial charge in [-0.2, -0.15) is 0 Å². The van der Waals surface area contributed by atoms with E-state index in [1.165, 1.54) is 48.5 Å². The molecule has 0 aliphatic heterocycles. The van der Waals surface area contributed by atoms with Crippen molar-refractivity contribution >= 4 is 17.5 Å². The van der Waals surface area contributed by atoms with Gasteiger partial charge in [0.1, 0.15) is 12.2 Å². The average molecular weight is 595 g/mol. The molecule has 4 fully saturated rings. The third-order valence-electron chi connectivity index (χ3n) is 12.6. The summed E-state index contributed by atoms with van der Waals surface area (Å²) in [5.41, 5.74) is 5.15. The number of benzene rings is 2. The Morgan fingerprint density at radius 2 is 1.36 bits per heavy atom. The Morgan fingerprint density at radius 1 is 0.727 bits per heavy atom. The molecule has 9 atom stereocenters. The van der Waals surface area contributed by atoms with Gasteiger partial charge >= 0.3 is 11.9 Å². The van der Waals surface area contributed by atoms with Crippen LogP contribution in [0.15, 0.2) is 78.4 Å². The van der Waals surface area contributed by atoms with Gasteiger partial charge in [0.2, 0.25) is 0 Å². The Bertz CT molecular complexity index is 1370. The van der Waals surface area contributed by atoms with Crippen LogP contribution in [0.5, 0.6) is 0 Å². The molecule has 2 aromatic carbocycles. The fraction of sp³-hybridized carbons (Fsp3) is 0.550. The summed E-state index contributed by atoms with van der Waals surface area (Å²) in [5, 5.41) is 0. The van der Waals surface area contributed by atoms with Crippen molar-refractivity contribution in [2.75, 3.05) is 0 Å². The second kappa shape index (κ2) is 12.3. The molecular formula is C40H50O4. The second-order valence-electron chi connectivity index (χ2n) is 14.7. The number of allylic oxidation sites excluding steroid dienone is 3. The molecule has 4 aliphatic rings. The third-order valence-corrected chi connectivity index (χ3v) is 12.6.